The van der Waals surface area contributed by atoms with Crippen molar-refractivity contribution in [2.24, 2.45) is 5.92 Å². The van der Waals surface area contributed by atoms with E-state index in [2.05, 4.69) is 12.2 Å². The summed E-state index contributed by atoms with van der Waals surface area (Å²) in [5.74, 6) is -0.595. The average molecular weight is 381 g/mol. The van der Waals surface area contributed by atoms with Crippen molar-refractivity contribution in [1.29, 1.82) is 0 Å². The minimum absolute atomic E-state index is 0.282. The molecular weight excluding hydrogens is 358 g/mol. The van der Waals surface area contributed by atoms with Crippen LogP contribution >= 0.6 is 0 Å². The second kappa shape index (κ2) is 7.22. The Balaban J connectivity index is 1.67. The van der Waals surface area contributed by atoms with Gasteiger partial charge in [-0.05, 0) is 43.7 Å². The topological polar surface area (TPSA) is 88.6 Å². The predicted molar refractivity (Wildman–Crippen MR) is 103 cm³/mol. The van der Waals surface area contributed by atoms with Gasteiger partial charge in [0.05, 0.1) is 11.1 Å². The number of hydrogen-bond donors (Lipinski definition) is 1. The van der Waals surface area contributed by atoms with Crippen LogP contribution in [0.25, 0.3) is 10.9 Å². The first-order valence-corrected chi connectivity index (χ1v) is 9.66. The van der Waals surface area contributed by atoms with Gasteiger partial charge in [-0.25, -0.2) is 9.59 Å². The number of nitrogens with zero attached hydrogens (tertiary/aromatic N) is 2. The van der Waals surface area contributed by atoms with Crippen LogP contribution in [0.2, 0.25) is 0 Å². The van der Waals surface area contributed by atoms with E-state index in [0.29, 0.717) is 18.0 Å². The number of pyridine rings is 1. The summed E-state index contributed by atoms with van der Waals surface area (Å²) in [4.78, 5) is 43.2. The molecule has 1 aromatic carbocycles. The summed E-state index contributed by atoms with van der Waals surface area (Å²) < 4.78 is 5.53. The molecule has 3 amide bonds. The summed E-state index contributed by atoms with van der Waals surface area (Å²) in [6, 6.07) is 7.05. The maximum absolute atomic E-state index is 13.1. The van der Waals surface area contributed by atoms with Gasteiger partial charge in [-0.2, -0.15) is 0 Å². The molecule has 2 aliphatic rings. The summed E-state index contributed by atoms with van der Waals surface area (Å²) >= 11 is 0. The highest BCUT2D eigenvalue weighted by Crippen LogP contribution is 2.32. The van der Waals surface area contributed by atoms with Gasteiger partial charge in [-0.1, -0.05) is 25.1 Å². The van der Waals surface area contributed by atoms with E-state index in [0.717, 1.165) is 46.3 Å². The summed E-state index contributed by atoms with van der Waals surface area (Å²) in [6.07, 6.45) is 1.57. The number of fused-ring (bicyclic) bond motifs is 2. The molecule has 0 saturated carbocycles. The molecule has 1 aromatic heterocycles. The third-order valence-corrected chi connectivity index (χ3v) is 5.46. The molecule has 1 aliphatic carbocycles. The van der Waals surface area contributed by atoms with Crippen molar-refractivity contribution in [2.75, 3.05) is 13.1 Å². The van der Waals surface area contributed by atoms with E-state index in [1.807, 2.05) is 24.3 Å². The Kier molecular flexibility index (Phi) is 4.75. The lowest BCUT2D eigenvalue weighted by molar-refractivity contribution is -0.136. The molecular formula is C21H23N3O4. The van der Waals surface area contributed by atoms with Gasteiger partial charge in [0.1, 0.15) is 0 Å². The molecule has 146 valence electrons. The summed E-state index contributed by atoms with van der Waals surface area (Å²) in [5, 5.41) is 3.31. The van der Waals surface area contributed by atoms with E-state index in [1.54, 1.807) is 0 Å². The van der Waals surface area contributed by atoms with Crippen LogP contribution in [0.4, 0.5) is 4.79 Å². The van der Waals surface area contributed by atoms with Crippen molar-refractivity contribution >= 4 is 28.8 Å². The molecule has 2 heterocycles. The quantitative estimate of drug-likeness (QED) is 0.825. The number of urea groups is 1. The van der Waals surface area contributed by atoms with Crippen molar-refractivity contribution in [3.8, 4) is 0 Å². The van der Waals surface area contributed by atoms with Crippen LogP contribution in [0.15, 0.2) is 24.3 Å². The molecule has 1 saturated heterocycles. The van der Waals surface area contributed by atoms with Crippen LogP contribution in [0, 0.1) is 5.92 Å². The maximum atomic E-state index is 13.1. The largest absolute Gasteiger partial charge is 0.449 e. The van der Waals surface area contributed by atoms with Gasteiger partial charge in [-0.3, -0.25) is 14.7 Å². The number of nitrogens with one attached hydrogen (secondary N) is 1. The first-order chi connectivity index (χ1) is 13.5. The van der Waals surface area contributed by atoms with E-state index < -0.39 is 24.0 Å². The van der Waals surface area contributed by atoms with Gasteiger partial charge in [0, 0.05) is 24.2 Å². The fraction of sp³-hybridized carbons (Fsp3) is 0.429. The Morgan fingerprint density at radius 2 is 2.11 bits per heavy atom. The van der Waals surface area contributed by atoms with Crippen LogP contribution in [0.5, 0.6) is 0 Å². The van der Waals surface area contributed by atoms with Crippen LogP contribution in [0.3, 0.4) is 0 Å². The fourth-order valence-corrected chi connectivity index (χ4v) is 3.97. The maximum Gasteiger partial charge on any atom is 0.339 e. The lowest BCUT2D eigenvalue weighted by atomic mass is 9.84. The van der Waals surface area contributed by atoms with E-state index in [1.165, 1.54) is 6.92 Å². The SMILES string of the molecule is CC1CCc2nc3ccccc3c(C(=O)OC(C)C(=O)N3CCNC3=O)c2C1. The van der Waals surface area contributed by atoms with E-state index in [9.17, 15) is 14.4 Å². The lowest BCUT2D eigenvalue weighted by Gasteiger charge is -2.25. The van der Waals surface area contributed by atoms with Gasteiger partial charge in [0.15, 0.2) is 6.10 Å². The Morgan fingerprint density at radius 3 is 2.86 bits per heavy atom. The number of amides is 3. The molecule has 7 nitrogen and oxygen atoms in total. The highest BCUT2D eigenvalue weighted by Gasteiger charge is 2.33. The lowest BCUT2D eigenvalue weighted by Crippen LogP contribution is -2.42. The van der Waals surface area contributed by atoms with Crippen LogP contribution in [0.1, 0.15) is 41.9 Å². The number of hydrogen-bond acceptors (Lipinski definition) is 5. The van der Waals surface area contributed by atoms with Crippen molar-refractivity contribution in [3.63, 3.8) is 0 Å². The van der Waals surface area contributed by atoms with Gasteiger partial charge in [0.25, 0.3) is 5.91 Å². The van der Waals surface area contributed by atoms with Crippen LogP contribution < -0.4 is 5.32 Å². The van der Waals surface area contributed by atoms with Gasteiger partial charge >= 0.3 is 12.0 Å². The zero-order valence-electron chi connectivity index (χ0n) is 16.0. The summed E-state index contributed by atoms with van der Waals surface area (Å²) in [6.45, 7) is 4.35. The number of imide groups is 1. The zero-order valence-corrected chi connectivity index (χ0v) is 16.0. The fourth-order valence-electron chi connectivity index (χ4n) is 3.97. The highest BCUT2D eigenvalue weighted by atomic mass is 16.5. The number of benzene rings is 1. The first-order valence-electron chi connectivity index (χ1n) is 9.66. The van der Waals surface area contributed by atoms with Crippen molar-refractivity contribution in [3.05, 3.63) is 41.1 Å². The molecule has 0 bridgehead atoms. The number of aryl methyl sites for hydroxylation is 1. The molecule has 2 atom stereocenters. The standard InChI is InChI=1S/C21H23N3O4/c1-12-7-8-17-15(11-12)18(14-5-3-4-6-16(14)23-17)20(26)28-13(2)19(25)24-10-9-22-21(24)27/h3-6,12-13H,7-11H2,1-2H3,(H,22,27). The summed E-state index contributed by atoms with van der Waals surface area (Å²) in [7, 11) is 0. The van der Waals surface area contributed by atoms with Crippen LogP contribution in [-0.4, -0.2) is 47.0 Å². The van der Waals surface area contributed by atoms with Crippen molar-refractivity contribution < 1.29 is 19.1 Å². The van der Waals surface area contributed by atoms with E-state index >= 15 is 0 Å². The Morgan fingerprint density at radius 1 is 1.32 bits per heavy atom. The third kappa shape index (κ3) is 3.21. The van der Waals surface area contributed by atoms with Gasteiger partial charge in [0.2, 0.25) is 0 Å². The Hall–Kier alpha value is -2.96. The number of rotatable bonds is 3. The normalized spacial score (nSPS) is 19.9. The molecule has 28 heavy (non-hydrogen) atoms. The number of aromatic nitrogens is 1. The highest BCUT2D eigenvalue weighted by molar-refractivity contribution is 6.06. The Bertz CT molecular complexity index is 972. The summed E-state index contributed by atoms with van der Waals surface area (Å²) in [5.41, 5.74) is 3.10. The number of ether oxygens (including phenoxy) is 1. The molecule has 1 aliphatic heterocycles. The minimum atomic E-state index is -1.04. The first kappa shape index (κ1) is 18.4. The Labute approximate surface area is 163 Å². The molecule has 2 aromatic rings. The van der Waals surface area contributed by atoms with E-state index in [-0.39, 0.29) is 6.54 Å². The number of para-hydroxylation sites is 1. The minimum Gasteiger partial charge on any atom is -0.449 e. The molecule has 0 radical (unpaired) electrons. The molecule has 0 spiro atoms. The van der Waals surface area contributed by atoms with Crippen molar-refractivity contribution in [1.82, 2.24) is 15.2 Å². The molecule has 4 rings (SSSR count). The van der Waals surface area contributed by atoms with Gasteiger partial charge in [-0.15, -0.1) is 0 Å². The monoisotopic (exact) mass is 381 g/mol. The predicted octanol–water partition coefficient (Wildman–Crippen LogP) is 2.46. The number of esters is 1. The number of carbonyl (C=O) groups is 3. The van der Waals surface area contributed by atoms with E-state index in [4.69, 9.17) is 9.72 Å². The molecule has 7 heteroatoms. The molecule has 2 unspecified atom stereocenters. The zero-order chi connectivity index (χ0) is 19.8. The second-order valence-corrected chi connectivity index (χ2v) is 7.55. The molecule has 1 N–H and O–H groups in total. The van der Waals surface area contributed by atoms with Crippen molar-refractivity contribution in [2.45, 2.75) is 39.2 Å². The smallest absolute Gasteiger partial charge is 0.339 e. The van der Waals surface area contributed by atoms with Crippen LogP contribution in [-0.2, 0) is 22.4 Å². The second-order valence-electron chi connectivity index (χ2n) is 7.55. The number of carbonyl (C=O) groups excluding carboxylic acids is 3. The van der Waals surface area contributed by atoms with Gasteiger partial charge < -0.3 is 10.1 Å². The average Bonchev–Trinajstić information content (AvgIpc) is 3.11. The third-order valence-electron chi connectivity index (χ3n) is 5.46. The molecule has 1 fully saturated rings.